The van der Waals surface area contributed by atoms with E-state index in [0.29, 0.717) is 5.69 Å². The molecule has 1 aliphatic rings. The summed E-state index contributed by atoms with van der Waals surface area (Å²) < 4.78 is 32.8. The molecule has 208 valence electrons. The minimum atomic E-state index is -1.39. The molecule has 0 radical (unpaired) electrons. The Labute approximate surface area is 222 Å². The van der Waals surface area contributed by atoms with Crippen LogP contribution in [-0.4, -0.2) is 78.0 Å². The molecule has 0 aromatic heterocycles. The summed E-state index contributed by atoms with van der Waals surface area (Å²) in [5.41, 5.74) is 5.65. The van der Waals surface area contributed by atoms with Gasteiger partial charge in [0.25, 0.3) is 0 Å². The predicted molar refractivity (Wildman–Crippen MR) is 132 cm³/mol. The first kappa shape index (κ1) is 30.4. The van der Waals surface area contributed by atoms with Crippen molar-refractivity contribution >= 4 is 52.4 Å². The van der Waals surface area contributed by atoms with Crippen LogP contribution < -0.4 is 15.8 Å². The first-order valence-electron chi connectivity index (χ1n) is 11.2. The topological polar surface area (TPSA) is 203 Å². The van der Waals surface area contributed by atoms with Gasteiger partial charge in [0, 0.05) is 33.4 Å². The Morgan fingerprint density at radius 2 is 1.45 bits per heavy atom. The molecular weight excluding hydrogens is 526 g/mol. The number of nitrogens with one attached hydrogen (secondary N) is 2. The van der Waals surface area contributed by atoms with E-state index in [2.05, 4.69) is 5.32 Å². The van der Waals surface area contributed by atoms with E-state index >= 15 is 0 Å². The number of hydrogen-bond donors (Lipinski definition) is 3. The fourth-order valence-corrected chi connectivity index (χ4v) is 3.73. The number of rotatable bonds is 10. The van der Waals surface area contributed by atoms with Gasteiger partial charge in [0.15, 0.2) is 17.4 Å². The van der Waals surface area contributed by atoms with Crippen molar-refractivity contribution in [1.29, 1.82) is 5.41 Å². The molecule has 5 atom stereocenters. The lowest BCUT2D eigenvalue weighted by atomic mass is 9.98. The Hall–Kier alpha value is -3.85. The van der Waals surface area contributed by atoms with Crippen LogP contribution in [0, 0.1) is 5.41 Å². The number of amides is 1. The normalized spacial score (nSPS) is 22.4. The van der Waals surface area contributed by atoms with Crippen molar-refractivity contribution in [3.8, 4) is 5.75 Å². The number of hydrogen-bond acceptors (Lipinski definition) is 13. The van der Waals surface area contributed by atoms with E-state index < -0.39 is 54.6 Å². The Bertz CT molecular complexity index is 1050. The molecule has 0 aliphatic carbocycles. The van der Waals surface area contributed by atoms with Gasteiger partial charge in [0.2, 0.25) is 18.3 Å². The van der Waals surface area contributed by atoms with E-state index in [4.69, 9.17) is 39.6 Å². The minimum absolute atomic E-state index is 0.0433. The van der Waals surface area contributed by atoms with Crippen LogP contribution in [0.3, 0.4) is 0 Å². The van der Waals surface area contributed by atoms with E-state index in [0.717, 1.165) is 32.5 Å². The minimum Gasteiger partial charge on any atom is -0.463 e. The summed E-state index contributed by atoms with van der Waals surface area (Å²) in [5.74, 6) is -3.12. The monoisotopic (exact) mass is 555 g/mol. The second-order valence-electron chi connectivity index (χ2n) is 7.91. The van der Waals surface area contributed by atoms with E-state index in [1.165, 1.54) is 31.2 Å². The number of amidine groups is 1. The number of thioether (sulfide) groups is 1. The third-order valence-electron chi connectivity index (χ3n) is 4.70. The van der Waals surface area contributed by atoms with Gasteiger partial charge in [-0.3, -0.25) is 29.4 Å². The Morgan fingerprint density at radius 3 is 1.97 bits per heavy atom. The lowest BCUT2D eigenvalue weighted by molar-refractivity contribution is -0.288. The van der Waals surface area contributed by atoms with Gasteiger partial charge < -0.3 is 39.5 Å². The highest BCUT2D eigenvalue weighted by atomic mass is 32.2. The zero-order chi connectivity index (χ0) is 28.4. The third kappa shape index (κ3) is 9.89. The molecule has 0 spiro atoms. The molecule has 14 nitrogen and oxygen atoms in total. The fraction of sp³-hybridized carbons (Fsp3) is 0.478. The van der Waals surface area contributed by atoms with Crippen LogP contribution >= 0.6 is 11.8 Å². The lowest BCUT2D eigenvalue weighted by Crippen LogP contribution is -2.63. The summed E-state index contributed by atoms with van der Waals surface area (Å²) >= 11 is 0.872. The van der Waals surface area contributed by atoms with Gasteiger partial charge in [0.1, 0.15) is 18.5 Å². The van der Waals surface area contributed by atoms with Crippen molar-refractivity contribution in [2.24, 2.45) is 5.73 Å². The van der Waals surface area contributed by atoms with Crippen LogP contribution in [-0.2, 0) is 47.7 Å². The van der Waals surface area contributed by atoms with Crippen LogP contribution in [0.4, 0.5) is 5.69 Å². The van der Waals surface area contributed by atoms with Crippen molar-refractivity contribution in [3.05, 3.63) is 24.3 Å². The standard InChI is InChI=1S/C23H29N3O11S/c1-11(27)32-9-17-19(33-12(2)28)20(34-13(3)29)21(35-14(4)30)22(37-17)36-16-7-5-15(6-8-16)26-18(31)10-38-23(24)25/h5-8,17,19-22H,9-10H2,1-4H3,(H3,24,25)(H,26,31)/t17-,19-,20+,21+,22+/m1/s1. The molecule has 2 rings (SSSR count). The summed E-state index contributed by atoms with van der Waals surface area (Å²) in [7, 11) is 0. The average Bonchev–Trinajstić information content (AvgIpc) is 2.80. The highest BCUT2D eigenvalue weighted by molar-refractivity contribution is 8.14. The van der Waals surface area contributed by atoms with Crippen LogP contribution in [0.2, 0.25) is 0 Å². The maximum absolute atomic E-state index is 11.9. The van der Waals surface area contributed by atoms with Crippen molar-refractivity contribution in [2.75, 3.05) is 17.7 Å². The largest absolute Gasteiger partial charge is 0.463 e. The van der Waals surface area contributed by atoms with Gasteiger partial charge in [-0.2, -0.15) is 0 Å². The Balaban J connectivity index is 2.31. The Kier molecular flexibility index (Phi) is 11.3. The van der Waals surface area contributed by atoms with Crippen molar-refractivity contribution in [1.82, 2.24) is 0 Å². The van der Waals surface area contributed by atoms with Gasteiger partial charge in [-0.15, -0.1) is 0 Å². The number of ether oxygens (including phenoxy) is 6. The van der Waals surface area contributed by atoms with Gasteiger partial charge in [-0.1, -0.05) is 11.8 Å². The average molecular weight is 556 g/mol. The quantitative estimate of drug-likeness (QED) is 0.158. The van der Waals surface area contributed by atoms with Crippen LogP contribution in [0.25, 0.3) is 0 Å². The molecule has 1 aromatic carbocycles. The van der Waals surface area contributed by atoms with Crippen LogP contribution in [0.5, 0.6) is 5.75 Å². The molecule has 1 heterocycles. The molecular formula is C23H29N3O11S. The molecule has 1 aromatic rings. The summed E-state index contributed by atoms with van der Waals surface area (Å²) in [5, 5.41) is 9.60. The lowest BCUT2D eigenvalue weighted by Gasteiger charge is -2.43. The molecule has 1 amide bonds. The van der Waals surface area contributed by atoms with Gasteiger partial charge in [0.05, 0.1) is 5.75 Å². The van der Waals surface area contributed by atoms with E-state index in [9.17, 15) is 24.0 Å². The van der Waals surface area contributed by atoms with Crippen LogP contribution in [0.15, 0.2) is 24.3 Å². The van der Waals surface area contributed by atoms with Crippen molar-refractivity contribution < 1.29 is 52.4 Å². The zero-order valence-electron chi connectivity index (χ0n) is 21.1. The van der Waals surface area contributed by atoms with E-state index in [1.54, 1.807) is 0 Å². The molecule has 1 aliphatic heterocycles. The summed E-state index contributed by atoms with van der Waals surface area (Å²) in [6.45, 7) is 4.14. The number of carbonyl (C=O) groups excluding carboxylic acids is 5. The third-order valence-corrected chi connectivity index (χ3v) is 5.41. The predicted octanol–water partition coefficient (Wildman–Crippen LogP) is 0.714. The first-order chi connectivity index (χ1) is 17.8. The number of benzene rings is 1. The fourth-order valence-electron chi connectivity index (χ4n) is 3.37. The number of esters is 4. The molecule has 38 heavy (non-hydrogen) atoms. The second-order valence-corrected chi connectivity index (χ2v) is 8.93. The zero-order valence-corrected chi connectivity index (χ0v) is 21.9. The summed E-state index contributed by atoms with van der Waals surface area (Å²) in [6, 6.07) is 6.03. The van der Waals surface area contributed by atoms with Crippen LogP contribution in [0.1, 0.15) is 27.7 Å². The molecule has 15 heteroatoms. The number of carbonyl (C=O) groups is 5. The maximum atomic E-state index is 11.9. The van der Waals surface area contributed by atoms with Gasteiger partial charge in [-0.25, -0.2) is 0 Å². The summed E-state index contributed by atoms with van der Waals surface area (Å²) in [4.78, 5) is 59.0. The molecule has 0 saturated carbocycles. The molecule has 0 unspecified atom stereocenters. The smallest absolute Gasteiger partial charge is 0.303 e. The molecule has 1 saturated heterocycles. The molecule has 4 N–H and O–H groups in total. The molecule has 0 bridgehead atoms. The molecule has 1 fully saturated rings. The Morgan fingerprint density at radius 1 is 0.895 bits per heavy atom. The van der Waals surface area contributed by atoms with Gasteiger partial charge >= 0.3 is 23.9 Å². The maximum Gasteiger partial charge on any atom is 0.303 e. The highest BCUT2D eigenvalue weighted by Crippen LogP contribution is 2.31. The first-order valence-corrected chi connectivity index (χ1v) is 12.2. The summed E-state index contributed by atoms with van der Waals surface area (Å²) in [6.07, 6.45) is -6.58. The number of anilines is 1. The van der Waals surface area contributed by atoms with Crippen molar-refractivity contribution in [3.63, 3.8) is 0 Å². The van der Waals surface area contributed by atoms with Crippen molar-refractivity contribution in [2.45, 2.75) is 58.4 Å². The van der Waals surface area contributed by atoms with Gasteiger partial charge in [-0.05, 0) is 24.3 Å². The SMILES string of the molecule is CC(=O)OC[C@H]1O[C@H](Oc2ccc(NC(=O)CSC(=N)N)cc2)[C@@H](OC(C)=O)[C@@H](OC(C)=O)[C@@H]1OC(C)=O. The highest BCUT2D eigenvalue weighted by Gasteiger charge is 2.53. The van der Waals surface area contributed by atoms with E-state index in [1.807, 2.05) is 0 Å². The van der Waals surface area contributed by atoms with E-state index in [-0.39, 0.29) is 29.2 Å². The number of nitrogens with two attached hydrogens (primary N) is 1. The second kappa shape index (κ2) is 14.2.